The number of amides is 1. The number of hydrogen-bond acceptors (Lipinski definition) is 5. The summed E-state index contributed by atoms with van der Waals surface area (Å²) in [6, 6.07) is 7.54. The Kier molecular flexibility index (Phi) is 6.03. The zero-order chi connectivity index (χ0) is 20.4. The number of halogens is 1. The third-order valence-electron chi connectivity index (χ3n) is 5.04. The summed E-state index contributed by atoms with van der Waals surface area (Å²) >= 11 is 3.52. The van der Waals surface area contributed by atoms with Crippen molar-refractivity contribution < 1.29 is 23.7 Å². The summed E-state index contributed by atoms with van der Waals surface area (Å²) in [5.41, 5.74) is 2.43. The summed E-state index contributed by atoms with van der Waals surface area (Å²) in [5.74, 6) is 1.94. The number of fused-ring (bicyclic) bond motifs is 1. The van der Waals surface area contributed by atoms with Gasteiger partial charge in [0.05, 0.1) is 38.5 Å². The quantitative estimate of drug-likeness (QED) is 0.673. The molecule has 1 atom stereocenters. The van der Waals surface area contributed by atoms with Gasteiger partial charge < -0.3 is 23.8 Å². The normalized spacial score (nSPS) is 15.6. The summed E-state index contributed by atoms with van der Waals surface area (Å²) < 4.78 is 22.2. The van der Waals surface area contributed by atoms with Crippen LogP contribution in [0.1, 0.15) is 29.3 Å². The van der Waals surface area contributed by atoms with E-state index >= 15 is 0 Å². The molecule has 1 amide bonds. The van der Waals surface area contributed by atoms with Gasteiger partial charge in [-0.3, -0.25) is 4.79 Å². The first kappa shape index (κ1) is 20.3. The van der Waals surface area contributed by atoms with E-state index in [0.717, 1.165) is 29.8 Å². The standard InChI is InChI=1S/C21H24BrNO5/c1-12-6-7-13-10-14(25-2)8-9-16(13)23(12)21(24)15-11-17(26-3)19(27-4)20(28-5)18(15)22/h8-12H,6-7H2,1-5H3/t12-/m0/s1. The third kappa shape index (κ3) is 3.39. The smallest absolute Gasteiger partial charge is 0.259 e. The molecule has 2 aromatic rings. The van der Waals surface area contributed by atoms with Gasteiger partial charge in [0.2, 0.25) is 5.75 Å². The predicted molar refractivity (Wildman–Crippen MR) is 111 cm³/mol. The molecule has 0 saturated carbocycles. The molecule has 28 heavy (non-hydrogen) atoms. The van der Waals surface area contributed by atoms with Gasteiger partial charge in [0, 0.05) is 11.7 Å². The van der Waals surface area contributed by atoms with E-state index in [2.05, 4.69) is 22.9 Å². The zero-order valence-electron chi connectivity index (χ0n) is 16.7. The molecule has 0 fully saturated rings. The average Bonchev–Trinajstić information content (AvgIpc) is 2.72. The fourth-order valence-electron chi connectivity index (χ4n) is 3.57. The summed E-state index contributed by atoms with van der Waals surface area (Å²) in [6.45, 7) is 2.05. The van der Waals surface area contributed by atoms with Gasteiger partial charge in [0.15, 0.2) is 11.5 Å². The van der Waals surface area contributed by atoms with E-state index in [1.54, 1.807) is 13.2 Å². The molecule has 1 heterocycles. The van der Waals surface area contributed by atoms with Crippen LogP contribution in [-0.4, -0.2) is 40.4 Å². The molecule has 2 aromatic carbocycles. The van der Waals surface area contributed by atoms with Crippen molar-refractivity contribution in [3.05, 3.63) is 39.9 Å². The molecule has 0 aromatic heterocycles. The summed E-state index contributed by atoms with van der Waals surface area (Å²) in [5, 5.41) is 0. The van der Waals surface area contributed by atoms with Gasteiger partial charge >= 0.3 is 0 Å². The molecule has 0 N–H and O–H groups in total. The molecule has 0 unspecified atom stereocenters. The minimum atomic E-state index is -0.134. The lowest BCUT2D eigenvalue weighted by molar-refractivity contribution is 0.0973. The molecule has 1 aliphatic rings. The number of aryl methyl sites for hydroxylation is 1. The molecular weight excluding hydrogens is 426 g/mol. The Labute approximate surface area is 173 Å². The maximum Gasteiger partial charge on any atom is 0.259 e. The van der Waals surface area contributed by atoms with Crippen LogP contribution < -0.4 is 23.8 Å². The van der Waals surface area contributed by atoms with Crippen molar-refractivity contribution in [2.24, 2.45) is 0 Å². The average molecular weight is 450 g/mol. The number of benzene rings is 2. The van der Waals surface area contributed by atoms with Gasteiger partial charge in [-0.2, -0.15) is 0 Å². The Bertz CT molecular complexity index is 899. The summed E-state index contributed by atoms with van der Waals surface area (Å²) in [4.78, 5) is 15.4. The van der Waals surface area contributed by atoms with Crippen LogP contribution in [0, 0.1) is 0 Å². The topological polar surface area (TPSA) is 57.2 Å². The van der Waals surface area contributed by atoms with Crippen LogP contribution in [0.5, 0.6) is 23.0 Å². The molecule has 6 nitrogen and oxygen atoms in total. The number of nitrogens with zero attached hydrogens (tertiary/aromatic N) is 1. The lowest BCUT2D eigenvalue weighted by Gasteiger charge is -2.36. The van der Waals surface area contributed by atoms with Crippen LogP contribution in [0.4, 0.5) is 5.69 Å². The second kappa shape index (κ2) is 8.31. The van der Waals surface area contributed by atoms with Gasteiger partial charge in [0.25, 0.3) is 5.91 Å². The van der Waals surface area contributed by atoms with Crippen LogP contribution in [-0.2, 0) is 6.42 Å². The van der Waals surface area contributed by atoms with Crippen molar-refractivity contribution >= 4 is 27.5 Å². The molecule has 7 heteroatoms. The number of carbonyl (C=O) groups is 1. The van der Waals surface area contributed by atoms with Crippen LogP contribution in [0.15, 0.2) is 28.7 Å². The number of rotatable bonds is 5. The Morgan fingerprint density at radius 2 is 1.75 bits per heavy atom. The van der Waals surface area contributed by atoms with Crippen molar-refractivity contribution in [2.45, 2.75) is 25.8 Å². The monoisotopic (exact) mass is 449 g/mol. The Morgan fingerprint density at radius 3 is 2.36 bits per heavy atom. The minimum absolute atomic E-state index is 0.0550. The highest BCUT2D eigenvalue weighted by Crippen LogP contribution is 2.46. The molecular formula is C21H24BrNO5. The van der Waals surface area contributed by atoms with Crippen molar-refractivity contribution in [3.63, 3.8) is 0 Å². The van der Waals surface area contributed by atoms with E-state index in [9.17, 15) is 4.79 Å². The maximum atomic E-state index is 13.6. The first-order valence-corrected chi connectivity index (χ1v) is 9.75. The number of anilines is 1. The van der Waals surface area contributed by atoms with Gasteiger partial charge in [-0.05, 0) is 65.5 Å². The lowest BCUT2D eigenvalue weighted by Crippen LogP contribution is -2.42. The highest BCUT2D eigenvalue weighted by Gasteiger charge is 2.32. The summed E-state index contributed by atoms with van der Waals surface area (Å²) in [7, 11) is 6.24. The second-order valence-corrected chi connectivity index (χ2v) is 7.36. The SMILES string of the molecule is COc1ccc2c(c1)CC[C@H](C)N2C(=O)c1cc(OC)c(OC)c(OC)c1Br. The number of hydrogen-bond donors (Lipinski definition) is 0. The highest BCUT2D eigenvalue weighted by molar-refractivity contribution is 9.10. The van der Waals surface area contributed by atoms with E-state index in [1.165, 1.54) is 21.3 Å². The number of carbonyl (C=O) groups excluding carboxylic acids is 1. The van der Waals surface area contributed by atoms with E-state index in [4.69, 9.17) is 18.9 Å². The van der Waals surface area contributed by atoms with Gasteiger partial charge in [0.1, 0.15) is 5.75 Å². The van der Waals surface area contributed by atoms with Crippen LogP contribution in [0.2, 0.25) is 0 Å². The number of methoxy groups -OCH3 is 4. The lowest BCUT2D eigenvalue weighted by atomic mass is 9.95. The molecule has 150 valence electrons. The summed E-state index contributed by atoms with van der Waals surface area (Å²) in [6.07, 6.45) is 1.77. The largest absolute Gasteiger partial charge is 0.497 e. The Morgan fingerprint density at radius 1 is 1.04 bits per heavy atom. The second-order valence-electron chi connectivity index (χ2n) is 6.56. The molecule has 0 bridgehead atoms. The molecule has 0 aliphatic carbocycles. The fourth-order valence-corrected chi connectivity index (χ4v) is 4.20. The van der Waals surface area contributed by atoms with Crippen LogP contribution in [0.25, 0.3) is 0 Å². The van der Waals surface area contributed by atoms with Crippen LogP contribution >= 0.6 is 15.9 Å². The Balaban J connectivity index is 2.12. The molecule has 1 aliphatic heterocycles. The van der Waals surface area contributed by atoms with E-state index in [0.29, 0.717) is 27.3 Å². The fraction of sp³-hybridized carbons (Fsp3) is 0.381. The minimum Gasteiger partial charge on any atom is -0.497 e. The first-order valence-electron chi connectivity index (χ1n) is 8.95. The molecule has 3 rings (SSSR count). The zero-order valence-corrected chi connectivity index (χ0v) is 18.3. The highest BCUT2D eigenvalue weighted by atomic mass is 79.9. The molecule has 0 saturated heterocycles. The van der Waals surface area contributed by atoms with Crippen molar-refractivity contribution in [2.75, 3.05) is 33.3 Å². The number of ether oxygens (including phenoxy) is 4. The maximum absolute atomic E-state index is 13.6. The van der Waals surface area contributed by atoms with Crippen molar-refractivity contribution in [1.29, 1.82) is 0 Å². The van der Waals surface area contributed by atoms with Crippen LogP contribution in [0.3, 0.4) is 0 Å². The third-order valence-corrected chi connectivity index (χ3v) is 5.82. The molecule has 0 radical (unpaired) electrons. The van der Waals surface area contributed by atoms with E-state index in [1.807, 2.05) is 23.1 Å². The van der Waals surface area contributed by atoms with E-state index < -0.39 is 0 Å². The van der Waals surface area contributed by atoms with E-state index in [-0.39, 0.29) is 11.9 Å². The van der Waals surface area contributed by atoms with Gasteiger partial charge in [-0.15, -0.1) is 0 Å². The Hall–Kier alpha value is -2.41. The molecule has 0 spiro atoms. The van der Waals surface area contributed by atoms with Gasteiger partial charge in [-0.1, -0.05) is 0 Å². The first-order chi connectivity index (χ1) is 13.5. The van der Waals surface area contributed by atoms with Crippen molar-refractivity contribution in [3.8, 4) is 23.0 Å². The van der Waals surface area contributed by atoms with Crippen molar-refractivity contribution in [1.82, 2.24) is 0 Å². The van der Waals surface area contributed by atoms with Gasteiger partial charge in [-0.25, -0.2) is 0 Å². The predicted octanol–water partition coefficient (Wildman–Crippen LogP) is 4.47.